The summed E-state index contributed by atoms with van der Waals surface area (Å²) in [7, 11) is 0. The Balaban J connectivity index is 3.27. The first kappa shape index (κ1) is 9.88. The van der Waals surface area contributed by atoms with Crippen molar-refractivity contribution in [3.63, 3.8) is 0 Å². The van der Waals surface area contributed by atoms with Crippen LogP contribution in [0.5, 0.6) is 0 Å². The first-order valence-electron chi connectivity index (χ1n) is 3.98. The van der Waals surface area contributed by atoms with Crippen LogP contribution >= 0.6 is 23.2 Å². The normalized spacial score (nSPS) is 10.8. The van der Waals surface area contributed by atoms with Crippen LogP contribution in [-0.2, 0) is 0 Å². The third kappa shape index (κ3) is 1.75. The molecule has 0 fully saturated rings. The van der Waals surface area contributed by atoms with E-state index in [9.17, 15) is 0 Å². The maximum absolute atomic E-state index is 6.11. The summed E-state index contributed by atoms with van der Waals surface area (Å²) in [5.74, 6) is 0.452. The second-order valence-electron chi connectivity index (χ2n) is 3.23. The van der Waals surface area contributed by atoms with Gasteiger partial charge in [-0.2, -0.15) is 0 Å². The Morgan fingerprint density at radius 2 is 1.75 bits per heavy atom. The van der Waals surface area contributed by atoms with Gasteiger partial charge in [-0.05, 0) is 30.0 Å². The quantitative estimate of drug-likeness (QED) is 0.633. The van der Waals surface area contributed by atoms with Gasteiger partial charge in [0.25, 0.3) is 0 Å². The standard InChI is InChI=1S/C10H12Cl2/c1-6(2)8-4-5-9(11)7(3)10(8)12/h4-6H,1-3H3. The van der Waals surface area contributed by atoms with Gasteiger partial charge >= 0.3 is 0 Å². The molecule has 0 nitrogen and oxygen atoms in total. The van der Waals surface area contributed by atoms with Crippen LogP contribution < -0.4 is 0 Å². The smallest absolute Gasteiger partial charge is 0.0484 e. The monoisotopic (exact) mass is 202 g/mol. The van der Waals surface area contributed by atoms with Crippen LogP contribution in [0.2, 0.25) is 10.0 Å². The summed E-state index contributed by atoms with van der Waals surface area (Å²) in [6.45, 7) is 6.18. The average molecular weight is 203 g/mol. The van der Waals surface area contributed by atoms with Gasteiger partial charge in [0.2, 0.25) is 0 Å². The molecular weight excluding hydrogens is 191 g/mol. The molecule has 0 spiro atoms. The van der Waals surface area contributed by atoms with Gasteiger partial charge in [-0.25, -0.2) is 0 Å². The molecule has 0 bridgehead atoms. The summed E-state index contributed by atoms with van der Waals surface area (Å²) >= 11 is 12.0. The van der Waals surface area contributed by atoms with Crippen molar-refractivity contribution in [3.8, 4) is 0 Å². The van der Waals surface area contributed by atoms with Gasteiger partial charge < -0.3 is 0 Å². The molecule has 0 N–H and O–H groups in total. The molecule has 0 aliphatic carbocycles. The molecule has 0 saturated heterocycles. The number of rotatable bonds is 1. The Morgan fingerprint density at radius 1 is 1.17 bits per heavy atom. The maximum Gasteiger partial charge on any atom is 0.0484 e. The van der Waals surface area contributed by atoms with Gasteiger partial charge in [0.05, 0.1) is 0 Å². The lowest BCUT2D eigenvalue weighted by Crippen LogP contribution is -1.91. The number of hydrogen-bond donors (Lipinski definition) is 0. The zero-order valence-corrected chi connectivity index (χ0v) is 9.00. The van der Waals surface area contributed by atoms with Crippen molar-refractivity contribution >= 4 is 23.2 Å². The predicted octanol–water partition coefficient (Wildman–Crippen LogP) is 4.43. The summed E-state index contributed by atoms with van der Waals surface area (Å²) in [5.41, 5.74) is 2.14. The van der Waals surface area contributed by atoms with E-state index in [2.05, 4.69) is 13.8 Å². The summed E-state index contributed by atoms with van der Waals surface area (Å²) < 4.78 is 0. The zero-order valence-electron chi connectivity index (χ0n) is 7.49. The molecular formula is C10H12Cl2. The minimum atomic E-state index is 0.452. The molecule has 1 aromatic rings. The molecule has 12 heavy (non-hydrogen) atoms. The Morgan fingerprint density at radius 3 is 2.25 bits per heavy atom. The molecule has 66 valence electrons. The molecule has 0 aliphatic rings. The van der Waals surface area contributed by atoms with Crippen molar-refractivity contribution in [1.29, 1.82) is 0 Å². The topological polar surface area (TPSA) is 0 Å². The van der Waals surface area contributed by atoms with Crippen molar-refractivity contribution in [2.24, 2.45) is 0 Å². The molecule has 1 rings (SSSR count). The van der Waals surface area contributed by atoms with E-state index in [4.69, 9.17) is 23.2 Å². The van der Waals surface area contributed by atoms with E-state index >= 15 is 0 Å². The molecule has 2 heteroatoms. The van der Waals surface area contributed by atoms with Crippen LogP contribution in [0.1, 0.15) is 30.9 Å². The van der Waals surface area contributed by atoms with Gasteiger partial charge in [0.1, 0.15) is 0 Å². The van der Waals surface area contributed by atoms with Crippen LogP contribution in [-0.4, -0.2) is 0 Å². The minimum absolute atomic E-state index is 0.452. The molecule has 0 amide bonds. The molecule has 0 radical (unpaired) electrons. The van der Waals surface area contributed by atoms with Gasteiger partial charge in [-0.3, -0.25) is 0 Å². The van der Waals surface area contributed by atoms with E-state index in [-0.39, 0.29) is 0 Å². The highest BCUT2D eigenvalue weighted by molar-refractivity contribution is 6.36. The Labute approximate surface area is 83.5 Å². The summed E-state index contributed by atoms with van der Waals surface area (Å²) in [6.07, 6.45) is 0. The Kier molecular flexibility index (Phi) is 3.03. The fourth-order valence-corrected chi connectivity index (χ4v) is 1.72. The van der Waals surface area contributed by atoms with E-state index in [1.165, 1.54) is 5.56 Å². The maximum atomic E-state index is 6.11. The first-order valence-corrected chi connectivity index (χ1v) is 4.74. The lowest BCUT2D eigenvalue weighted by molar-refractivity contribution is 0.865. The Hall–Kier alpha value is -0.200. The Bertz CT molecular complexity index is 290. The van der Waals surface area contributed by atoms with Crippen molar-refractivity contribution in [2.45, 2.75) is 26.7 Å². The van der Waals surface area contributed by atoms with E-state index in [1.54, 1.807) is 0 Å². The van der Waals surface area contributed by atoms with Gasteiger partial charge in [-0.15, -0.1) is 0 Å². The fourth-order valence-electron chi connectivity index (χ4n) is 1.13. The molecule has 0 atom stereocenters. The molecule has 1 aromatic carbocycles. The third-order valence-electron chi connectivity index (χ3n) is 1.97. The van der Waals surface area contributed by atoms with Crippen LogP contribution in [0.25, 0.3) is 0 Å². The molecule has 0 heterocycles. The molecule has 0 unspecified atom stereocenters. The minimum Gasteiger partial charge on any atom is -0.0840 e. The van der Waals surface area contributed by atoms with Crippen molar-refractivity contribution in [1.82, 2.24) is 0 Å². The molecule has 0 aromatic heterocycles. The number of halogens is 2. The highest BCUT2D eigenvalue weighted by Gasteiger charge is 2.08. The first-order chi connectivity index (χ1) is 5.54. The van der Waals surface area contributed by atoms with Crippen molar-refractivity contribution in [3.05, 3.63) is 33.3 Å². The van der Waals surface area contributed by atoms with Crippen LogP contribution in [0, 0.1) is 6.92 Å². The van der Waals surface area contributed by atoms with E-state index < -0.39 is 0 Å². The number of hydrogen-bond acceptors (Lipinski definition) is 0. The van der Waals surface area contributed by atoms with Gasteiger partial charge in [0, 0.05) is 10.0 Å². The highest BCUT2D eigenvalue weighted by Crippen LogP contribution is 2.31. The average Bonchev–Trinajstić information content (AvgIpc) is 2.00. The van der Waals surface area contributed by atoms with E-state index in [0.717, 1.165) is 15.6 Å². The van der Waals surface area contributed by atoms with Gasteiger partial charge in [-0.1, -0.05) is 43.1 Å². The summed E-state index contributed by atoms with van der Waals surface area (Å²) in [6, 6.07) is 3.89. The lowest BCUT2D eigenvalue weighted by atomic mass is 10.0. The predicted molar refractivity (Wildman–Crippen MR) is 55.3 cm³/mol. The second-order valence-corrected chi connectivity index (χ2v) is 4.02. The largest absolute Gasteiger partial charge is 0.0840 e. The zero-order chi connectivity index (χ0) is 9.30. The second kappa shape index (κ2) is 3.68. The van der Waals surface area contributed by atoms with Gasteiger partial charge in [0.15, 0.2) is 0 Å². The van der Waals surface area contributed by atoms with Crippen molar-refractivity contribution < 1.29 is 0 Å². The van der Waals surface area contributed by atoms with E-state index in [0.29, 0.717) is 5.92 Å². The number of benzene rings is 1. The van der Waals surface area contributed by atoms with Crippen LogP contribution in [0.4, 0.5) is 0 Å². The van der Waals surface area contributed by atoms with Crippen LogP contribution in [0.3, 0.4) is 0 Å². The van der Waals surface area contributed by atoms with E-state index in [1.807, 2.05) is 19.1 Å². The summed E-state index contributed by atoms with van der Waals surface area (Å²) in [4.78, 5) is 0. The SMILES string of the molecule is Cc1c(Cl)ccc(C(C)C)c1Cl. The summed E-state index contributed by atoms with van der Waals surface area (Å²) in [5, 5.41) is 1.54. The van der Waals surface area contributed by atoms with Crippen LogP contribution in [0.15, 0.2) is 12.1 Å². The fraction of sp³-hybridized carbons (Fsp3) is 0.400. The molecule has 0 saturated carbocycles. The van der Waals surface area contributed by atoms with Crippen molar-refractivity contribution in [2.75, 3.05) is 0 Å². The molecule has 0 aliphatic heterocycles. The third-order valence-corrected chi connectivity index (χ3v) is 2.88. The lowest BCUT2D eigenvalue weighted by Gasteiger charge is -2.10. The highest BCUT2D eigenvalue weighted by atomic mass is 35.5.